The first-order valence-corrected chi connectivity index (χ1v) is 10.2. The highest BCUT2D eigenvalue weighted by Gasteiger charge is 2.37. The van der Waals surface area contributed by atoms with Crippen LogP contribution >= 0.6 is 0 Å². The highest BCUT2D eigenvalue weighted by atomic mass is 16.5. The van der Waals surface area contributed by atoms with Gasteiger partial charge >= 0.3 is 6.09 Å². The summed E-state index contributed by atoms with van der Waals surface area (Å²) in [5.41, 5.74) is 2.62. The predicted molar refractivity (Wildman–Crippen MR) is 118 cm³/mol. The minimum atomic E-state index is -0.415. The molecule has 2 atom stereocenters. The van der Waals surface area contributed by atoms with E-state index in [1.54, 1.807) is 26.0 Å². The van der Waals surface area contributed by atoms with Gasteiger partial charge in [0.15, 0.2) is 0 Å². The number of hydrogen-bond acceptors (Lipinski definition) is 7. The van der Waals surface area contributed by atoms with Crippen LogP contribution in [-0.2, 0) is 16.5 Å². The largest absolute Gasteiger partial charge is 0.497 e. The summed E-state index contributed by atoms with van der Waals surface area (Å²) >= 11 is 0. The van der Waals surface area contributed by atoms with Crippen molar-refractivity contribution in [1.29, 1.82) is 0 Å². The molecule has 2 aromatic rings. The number of nitrogens with zero attached hydrogens (tertiary/aromatic N) is 3. The second-order valence-corrected chi connectivity index (χ2v) is 7.56. The van der Waals surface area contributed by atoms with Gasteiger partial charge in [-0.1, -0.05) is 0 Å². The molecule has 0 bridgehead atoms. The van der Waals surface area contributed by atoms with Gasteiger partial charge in [0.2, 0.25) is 0 Å². The Morgan fingerprint density at radius 2 is 2.00 bits per heavy atom. The average Bonchev–Trinajstić information content (AvgIpc) is 3.16. The summed E-state index contributed by atoms with van der Waals surface area (Å²) < 4.78 is 17.4. The van der Waals surface area contributed by atoms with Crippen molar-refractivity contribution in [2.24, 2.45) is 7.05 Å². The number of rotatable bonds is 6. The molecule has 0 spiro atoms. The van der Waals surface area contributed by atoms with Gasteiger partial charge in [0.25, 0.3) is 5.56 Å². The zero-order chi connectivity index (χ0) is 22.7. The number of aromatic nitrogens is 2. The first-order valence-electron chi connectivity index (χ1n) is 10.2. The number of likely N-dealkylation sites (tertiary alicyclic amines) is 1. The molecule has 0 aliphatic carbocycles. The fraction of sp³-hybridized carbons (Fsp3) is 0.500. The van der Waals surface area contributed by atoms with Crippen LogP contribution in [0.4, 0.5) is 10.5 Å². The third-order valence-electron chi connectivity index (χ3n) is 5.56. The molecule has 1 fully saturated rings. The number of aryl methyl sites for hydroxylation is 2. The number of carbonyl (C=O) groups excluding carboxylic acids is 1. The summed E-state index contributed by atoms with van der Waals surface area (Å²) in [4.78, 5) is 31.5. The van der Waals surface area contributed by atoms with E-state index in [0.29, 0.717) is 36.9 Å². The summed E-state index contributed by atoms with van der Waals surface area (Å²) in [5.74, 6) is 1.33. The number of methoxy groups -OCH3 is 2. The smallest absolute Gasteiger partial charge is 0.409 e. The maximum Gasteiger partial charge on any atom is 0.409 e. The molecule has 0 radical (unpaired) electrons. The Hall–Kier alpha value is -3.07. The molecule has 1 saturated heterocycles. The van der Waals surface area contributed by atoms with Gasteiger partial charge in [-0.15, -0.1) is 0 Å². The van der Waals surface area contributed by atoms with Crippen LogP contribution in [0.1, 0.15) is 18.2 Å². The molecule has 2 heterocycles. The third-order valence-corrected chi connectivity index (χ3v) is 5.56. The summed E-state index contributed by atoms with van der Waals surface area (Å²) in [6.07, 6.45) is -0.668. The molecule has 0 saturated carbocycles. The molecule has 1 aromatic carbocycles. The lowest BCUT2D eigenvalue weighted by Gasteiger charge is -2.22. The van der Waals surface area contributed by atoms with Crippen LogP contribution < -0.4 is 15.6 Å². The van der Waals surface area contributed by atoms with Crippen molar-refractivity contribution >= 4 is 11.8 Å². The van der Waals surface area contributed by atoms with E-state index in [0.717, 1.165) is 16.9 Å². The number of ether oxygens (including phenoxy) is 3. The fourth-order valence-corrected chi connectivity index (χ4v) is 3.89. The highest BCUT2D eigenvalue weighted by molar-refractivity contribution is 5.68. The topological polar surface area (TPSA) is 94.9 Å². The molecule has 3 rings (SSSR count). The Labute approximate surface area is 181 Å². The molecule has 1 aromatic heterocycles. The van der Waals surface area contributed by atoms with Gasteiger partial charge in [-0.05, 0) is 44.5 Å². The SMILES string of the molecule is CCO[C@H]1CN(C(=O)OC)C[C@H]1Nc1c(C)nc(-c2ccc(OC)cc2C)n(C)c1=O. The van der Waals surface area contributed by atoms with Gasteiger partial charge in [-0.2, -0.15) is 0 Å². The Morgan fingerprint density at radius 3 is 2.61 bits per heavy atom. The van der Waals surface area contributed by atoms with Crippen molar-refractivity contribution in [3.63, 3.8) is 0 Å². The maximum atomic E-state index is 13.2. The van der Waals surface area contributed by atoms with Crippen molar-refractivity contribution in [2.45, 2.75) is 32.9 Å². The number of carbonyl (C=O) groups is 1. The van der Waals surface area contributed by atoms with Crippen molar-refractivity contribution < 1.29 is 19.0 Å². The van der Waals surface area contributed by atoms with Gasteiger partial charge in [0.1, 0.15) is 17.3 Å². The van der Waals surface area contributed by atoms with Crippen LogP contribution in [0.25, 0.3) is 11.4 Å². The van der Waals surface area contributed by atoms with Crippen molar-refractivity contribution in [1.82, 2.24) is 14.5 Å². The lowest BCUT2D eigenvalue weighted by molar-refractivity contribution is 0.0614. The summed E-state index contributed by atoms with van der Waals surface area (Å²) in [5, 5.41) is 3.28. The van der Waals surface area contributed by atoms with E-state index in [4.69, 9.17) is 19.2 Å². The average molecular weight is 431 g/mol. The highest BCUT2D eigenvalue weighted by Crippen LogP contribution is 2.26. The Kier molecular flexibility index (Phi) is 6.84. The summed E-state index contributed by atoms with van der Waals surface area (Å²) in [6.45, 7) is 6.93. The van der Waals surface area contributed by atoms with Crippen LogP contribution in [0.15, 0.2) is 23.0 Å². The van der Waals surface area contributed by atoms with Gasteiger partial charge in [0, 0.05) is 25.8 Å². The standard InChI is InChI=1S/C22H30N4O5/c1-7-31-18-12-26(22(28)30-6)11-17(18)24-19-14(3)23-20(25(4)21(19)27)16-9-8-15(29-5)10-13(16)2/h8-10,17-18,24H,7,11-12H2,1-6H3/t17-,18+/m1/s1. The number of hydrogen-bond donors (Lipinski definition) is 1. The van der Waals surface area contributed by atoms with Crippen LogP contribution in [0.2, 0.25) is 0 Å². The second-order valence-electron chi connectivity index (χ2n) is 7.56. The third kappa shape index (κ3) is 4.51. The van der Waals surface area contributed by atoms with E-state index < -0.39 is 6.09 Å². The van der Waals surface area contributed by atoms with Crippen molar-refractivity contribution in [2.75, 3.05) is 39.2 Å². The zero-order valence-corrected chi connectivity index (χ0v) is 18.9. The van der Waals surface area contributed by atoms with Gasteiger partial charge in [0.05, 0.1) is 38.6 Å². The zero-order valence-electron chi connectivity index (χ0n) is 18.9. The lowest BCUT2D eigenvalue weighted by Crippen LogP contribution is -2.38. The number of anilines is 1. The van der Waals surface area contributed by atoms with Crippen LogP contribution in [-0.4, -0.2) is 66.6 Å². The van der Waals surface area contributed by atoms with E-state index in [1.165, 1.54) is 11.7 Å². The minimum Gasteiger partial charge on any atom is -0.497 e. The molecular weight excluding hydrogens is 400 g/mol. The Morgan fingerprint density at radius 1 is 1.26 bits per heavy atom. The van der Waals surface area contributed by atoms with Gasteiger partial charge in [-0.3, -0.25) is 9.36 Å². The molecular formula is C22H30N4O5. The predicted octanol–water partition coefficient (Wildman–Crippen LogP) is 2.34. The van der Waals surface area contributed by atoms with Crippen LogP contribution in [0.5, 0.6) is 5.75 Å². The fourth-order valence-electron chi connectivity index (χ4n) is 3.89. The number of nitrogens with one attached hydrogen (secondary N) is 1. The van der Waals surface area contributed by atoms with E-state index in [2.05, 4.69) is 5.32 Å². The molecule has 9 heteroatoms. The van der Waals surface area contributed by atoms with E-state index >= 15 is 0 Å². The summed E-state index contributed by atoms with van der Waals surface area (Å²) in [7, 11) is 4.67. The quantitative estimate of drug-likeness (QED) is 0.752. The molecule has 1 amide bonds. The lowest BCUT2D eigenvalue weighted by atomic mass is 10.1. The first-order chi connectivity index (χ1) is 14.8. The maximum absolute atomic E-state index is 13.2. The van der Waals surface area contributed by atoms with E-state index in [9.17, 15) is 9.59 Å². The normalized spacial score (nSPS) is 18.2. The number of amides is 1. The van der Waals surface area contributed by atoms with E-state index in [1.807, 2.05) is 32.0 Å². The second kappa shape index (κ2) is 9.38. The first kappa shape index (κ1) is 22.6. The van der Waals surface area contributed by atoms with Gasteiger partial charge < -0.3 is 24.4 Å². The summed E-state index contributed by atoms with van der Waals surface area (Å²) in [6, 6.07) is 5.41. The molecule has 0 unspecified atom stereocenters. The molecule has 1 aliphatic heterocycles. The van der Waals surface area contributed by atoms with Crippen molar-refractivity contribution in [3.05, 3.63) is 39.8 Å². The Bertz CT molecular complexity index is 1020. The Balaban J connectivity index is 1.94. The molecule has 168 valence electrons. The van der Waals surface area contributed by atoms with E-state index in [-0.39, 0.29) is 17.7 Å². The molecule has 31 heavy (non-hydrogen) atoms. The molecule has 9 nitrogen and oxygen atoms in total. The number of benzene rings is 1. The molecule has 1 N–H and O–H groups in total. The van der Waals surface area contributed by atoms with Crippen LogP contribution in [0, 0.1) is 13.8 Å². The van der Waals surface area contributed by atoms with Crippen LogP contribution in [0.3, 0.4) is 0 Å². The molecule has 1 aliphatic rings. The van der Waals surface area contributed by atoms with Crippen molar-refractivity contribution in [3.8, 4) is 17.1 Å². The minimum absolute atomic E-state index is 0.190. The van der Waals surface area contributed by atoms with Gasteiger partial charge in [-0.25, -0.2) is 9.78 Å². The monoisotopic (exact) mass is 430 g/mol.